The number of hydrogen-bond donors (Lipinski definition) is 1. The fraction of sp³-hybridized carbons (Fsp3) is 0.435. The van der Waals surface area contributed by atoms with Crippen LogP contribution in [0.4, 0.5) is 24.8 Å². The van der Waals surface area contributed by atoms with Crippen LogP contribution in [0.2, 0.25) is 0 Å². The van der Waals surface area contributed by atoms with E-state index in [1.165, 1.54) is 17.1 Å². The molecule has 4 rings (SSSR count). The number of anilines is 2. The van der Waals surface area contributed by atoms with E-state index in [4.69, 9.17) is 0 Å². The van der Waals surface area contributed by atoms with Gasteiger partial charge in [-0.2, -0.15) is 18.3 Å². The van der Waals surface area contributed by atoms with Gasteiger partial charge in [-0.25, -0.2) is 9.97 Å². The number of aryl methyl sites for hydroxylation is 2. The molecule has 0 amide bonds. The van der Waals surface area contributed by atoms with E-state index in [2.05, 4.69) is 27.3 Å². The first-order chi connectivity index (χ1) is 15.6. The van der Waals surface area contributed by atoms with E-state index >= 15 is 0 Å². The number of aromatic nitrogens is 4. The third-order valence-electron chi connectivity index (χ3n) is 6.01. The number of benzene rings is 1. The minimum Gasteiger partial charge on any atom is -0.324 e. The van der Waals surface area contributed by atoms with Crippen molar-refractivity contribution in [3.8, 4) is 11.3 Å². The molecule has 1 atom stereocenters. The SMILES string of the molecule is Cc1cc(S(=O)C2CCC(C)CC2)ccc1Nc1ncc(C(F)(F)F)c(-c2cnn(C)c2)n1. The van der Waals surface area contributed by atoms with Crippen molar-refractivity contribution in [1.82, 2.24) is 19.7 Å². The Morgan fingerprint density at radius 1 is 1.15 bits per heavy atom. The largest absolute Gasteiger partial charge is 0.419 e. The molecule has 1 aliphatic rings. The zero-order valence-corrected chi connectivity index (χ0v) is 19.5. The van der Waals surface area contributed by atoms with Crippen LogP contribution < -0.4 is 5.32 Å². The molecule has 10 heteroatoms. The summed E-state index contributed by atoms with van der Waals surface area (Å²) in [6.07, 6.45) is 3.11. The van der Waals surface area contributed by atoms with Gasteiger partial charge in [0.05, 0.1) is 22.7 Å². The van der Waals surface area contributed by atoms with Crippen molar-refractivity contribution < 1.29 is 17.4 Å². The van der Waals surface area contributed by atoms with Crippen LogP contribution in [0.5, 0.6) is 0 Å². The fourth-order valence-corrected chi connectivity index (χ4v) is 5.65. The zero-order chi connectivity index (χ0) is 23.8. The molecule has 33 heavy (non-hydrogen) atoms. The minimum absolute atomic E-state index is 0.0418. The Kier molecular flexibility index (Phi) is 6.56. The molecule has 176 valence electrons. The van der Waals surface area contributed by atoms with E-state index in [1.54, 1.807) is 19.2 Å². The van der Waals surface area contributed by atoms with Gasteiger partial charge in [0, 0.05) is 40.8 Å². The Morgan fingerprint density at radius 3 is 2.48 bits per heavy atom. The highest BCUT2D eigenvalue weighted by Gasteiger charge is 2.36. The summed E-state index contributed by atoms with van der Waals surface area (Å²) in [5.74, 6) is 0.729. The second-order valence-corrected chi connectivity index (χ2v) is 10.4. The lowest BCUT2D eigenvalue weighted by Crippen LogP contribution is -2.22. The first-order valence-corrected chi connectivity index (χ1v) is 12.0. The molecule has 0 aliphatic heterocycles. The third kappa shape index (κ3) is 5.26. The summed E-state index contributed by atoms with van der Waals surface area (Å²) < 4.78 is 54.9. The van der Waals surface area contributed by atoms with Crippen LogP contribution in [-0.4, -0.2) is 29.2 Å². The molecule has 0 bridgehead atoms. The zero-order valence-electron chi connectivity index (χ0n) is 18.7. The molecule has 1 N–H and O–H groups in total. The van der Waals surface area contributed by atoms with E-state index in [0.717, 1.165) is 42.3 Å². The second-order valence-electron chi connectivity index (χ2n) is 8.64. The minimum atomic E-state index is -4.59. The third-order valence-corrected chi connectivity index (χ3v) is 7.81. The average molecular weight is 478 g/mol. The summed E-state index contributed by atoms with van der Waals surface area (Å²) in [4.78, 5) is 8.79. The van der Waals surface area contributed by atoms with Crippen molar-refractivity contribution >= 4 is 22.4 Å². The highest BCUT2D eigenvalue weighted by Crippen LogP contribution is 2.36. The molecule has 0 saturated heterocycles. The lowest BCUT2D eigenvalue weighted by atomic mass is 9.91. The maximum atomic E-state index is 13.5. The maximum absolute atomic E-state index is 13.5. The normalized spacial score (nSPS) is 19.9. The predicted octanol–water partition coefficient (Wildman–Crippen LogP) is 5.63. The van der Waals surface area contributed by atoms with Crippen molar-refractivity contribution in [1.29, 1.82) is 0 Å². The van der Waals surface area contributed by atoms with E-state index in [9.17, 15) is 17.4 Å². The number of halogens is 3. The Morgan fingerprint density at radius 2 is 1.88 bits per heavy atom. The molecule has 0 spiro atoms. The maximum Gasteiger partial charge on any atom is 0.419 e. The van der Waals surface area contributed by atoms with Crippen LogP contribution in [0.1, 0.15) is 43.7 Å². The number of nitrogens with zero attached hydrogens (tertiary/aromatic N) is 4. The van der Waals surface area contributed by atoms with Crippen LogP contribution in [0.25, 0.3) is 11.3 Å². The molecular formula is C23H26F3N5OS. The molecular weight excluding hydrogens is 451 g/mol. The lowest BCUT2D eigenvalue weighted by Gasteiger charge is -2.25. The summed E-state index contributed by atoms with van der Waals surface area (Å²) in [5.41, 5.74) is 0.543. The van der Waals surface area contributed by atoms with E-state index < -0.39 is 22.5 Å². The van der Waals surface area contributed by atoms with Gasteiger partial charge < -0.3 is 5.32 Å². The number of alkyl halides is 3. The Hall–Kier alpha value is -2.75. The summed E-state index contributed by atoms with van der Waals surface area (Å²) >= 11 is 0. The van der Waals surface area contributed by atoms with Gasteiger partial charge in [0.25, 0.3) is 0 Å². The number of nitrogens with one attached hydrogen (secondary N) is 1. The summed E-state index contributed by atoms with van der Waals surface area (Å²) in [6, 6.07) is 5.44. The van der Waals surface area contributed by atoms with Gasteiger partial charge in [0.1, 0.15) is 5.56 Å². The topological polar surface area (TPSA) is 72.7 Å². The van der Waals surface area contributed by atoms with E-state index in [0.29, 0.717) is 11.6 Å². The van der Waals surface area contributed by atoms with Crippen molar-refractivity contribution in [2.24, 2.45) is 13.0 Å². The standard InChI is InChI=1S/C23H26F3N5OS/c1-14-4-6-17(7-5-14)33(32)18-8-9-20(15(2)10-18)29-22-27-12-19(23(24,25)26)21(30-22)16-11-28-31(3)13-16/h8-14,17H,4-7H2,1-3H3,(H,27,29,30). The molecule has 2 aromatic heterocycles. The quantitative estimate of drug-likeness (QED) is 0.515. The molecule has 2 heterocycles. The van der Waals surface area contributed by atoms with Gasteiger partial charge in [0.15, 0.2) is 0 Å². The van der Waals surface area contributed by atoms with Crippen LogP contribution >= 0.6 is 0 Å². The molecule has 1 unspecified atom stereocenters. The second kappa shape index (κ2) is 9.24. The first-order valence-electron chi connectivity index (χ1n) is 10.8. The van der Waals surface area contributed by atoms with Gasteiger partial charge in [0.2, 0.25) is 5.95 Å². The summed E-state index contributed by atoms with van der Waals surface area (Å²) in [5, 5.41) is 7.12. The highest BCUT2D eigenvalue weighted by molar-refractivity contribution is 7.85. The summed E-state index contributed by atoms with van der Waals surface area (Å²) in [6.45, 7) is 4.09. The van der Waals surface area contributed by atoms with Crippen LogP contribution in [0, 0.1) is 12.8 Å². The Labute approximate surface area is 193 Å². The predicted molar refractivity (Wildman–Crippen MR) is 122 cm³/mol. The van der Waals surface area contributed by atoms with Crippen molar-refractivity contribution in [2.75, 3.05) is 5.32 Å². The molecule has 6 nitrogen and oxygen atoms in total. The summed E-state index contributed by atoms with van der Waals surface area (Å²) in [7, 11) is 0.542. The highest BCUT2D eigenvalue weighted by atomic mass is 32.2. The van der Waals surface area contributed by atoms with Gasteiger partial charge >= 0.3 is 6.18 Å². The van der Waals surface area contributed by atoms with Gasteiger partial charge in [-0.3, -0.25) is 8.89 Å². The van der Waals surface area contributed by atoms with E-state index in [-0.39, 0.29) is 22.5 Å². The Bertz CT molecular complexity index is 1170. The first kappa shape index (κ1) is 23.4. The molecule has 1 saturated carbocycles. The van der Waals surface area contributed by atoms with Gasteiger partial charge in [-0.05, 0) is 62.3 Å². The lowest BCUT2D eigenvalue weighted by molar-refractivity contribution is -0.137. The van der Waals surface area contributed by atoms with Crippen molar-refractivity contribution in [2.45, 2.75) is 55.9 Å². The molecule has 0 radical (unpaired) electrons. The van der Waals surface area contributed by atoms with Crippen molar-refractivity contribution in [3.63, 3.8) is 0 Å². The van der Waals surface area contributed by atoms with Crippen LogP contribution in [-0.2, 0) is 24.0 Å². The smallest absolute Gasteiger partial charge is 0.324 e. The fourth-order valence-electron chi connectivity index (χ4n) is 4.07. The van der Waals surface area contributed by atoms with Crippen LogP contribution in [0.3, 0.4) is 0 Å². The van der Waals surface area contributed by atoms with E-state index in [1.807, 2.05) is 13.0 Å². The van der Waals surface area contributed by atoms with Gasteiger partial charge in [-0.15, -0.1) is 0 Å². The molecule has 1 fully saturated rings. The van der Waals surface area contributed by atoms with Crippen LogP contribution in [0.15, 0.2) is 41.7 Å². The average Bonchev–Trinajstić information content (AvgIpc) is 3.20. The van der Waals surface area contributed by atoms with Crippen molar-refractivity contribution in [3.05, 3.63) is 47.9 Å². The molecule has 1 aliphatic carbocycles. The number of hydrogen-bond acceptors (Lipinski definition) is 5. The number of rotatable bonds is 5. The Balaban J connectivity index is 1.58. The molecule has 3 aromatic rings. The monoisotopic (exact) mass is 477 g/mol. The van der Waals surface area contributed by atoms with Gasteiger partial charge in [-0.1, -0.05) is 6.92 Å². The molecule has 1 aromatic carbocycles.